The minimum absolute atomic E-state index is 0.0357. The summed E-state index contributed by atoms with van der Waals surface area (Å²) in [6.07, 6.45) is -2.59. The number of benzene rings is 1. The fourth-order valence-electron chi connectivity index (χ4n) is 2.43. The number of rotatable bonds is 5. The van der Waals surface area contributed by atoms with E-state index >= 15 is 0 Å². The normalized spacial score (nSPS) is 14.5. The van der Waals surface area contributed by atoms with Crippen molar-refractivity contribution in [3.63, 3.8) is 0 Å². The van der Waals surface area contributed by atoms with Gasteiger partial charge in [-0.15, -0.1) is 10.2 Å². The predicted octanol–water partition coefficient (Wildman–Crippen LogP) is 3.38. The molecule has 1 aliphatic carbocycles. The molecule has 0 aliphatic heterocycles. The molecule has 24 heavy (non-hydrogen) atoms. The molecule has 1 heterocycles. The third-order valence-electron chi connectivity index (χ3n) is 3.82. The Morgan fingerprint density at radius 1 is 1.21 bits per heavy atom. The highest BCUT2D eigenvalue weighted by atomic mass is 19.4. The van der Waals surface area contributed by atoms with Crippen LogP contribution in [-0.2, 0) is 12.7 Å². The van der Waals surface area contributed by atoms with Crippen molar-refractivity contribution in [1.82, 2.24) is 10.2 Å². The van der Waals surface area contributed by atoms with Gasteiger partial charge in [0, 0.05) is 12.6 Å². The van der Waals surface area contributed by atoms with E-state index in [1.807, 2.05) is 4.90 Å². The highest BCUT2D eigenvalue weighted by Gasteiger charge is 2.34. The van der Waals surface area contributed by atoms with Crippen molar-refractivity contribution in [2.45, 2.75) is 31.6 Å². The molecule has 8 heteroatoms. The first kappa shape index (κ1) is 16.4. The Labute approximate surface area is 136 Å². The summed E-state index contributed by atoms with van der Waals surface area (Å²) in [5.74, 6) is 0.785. The van der Waals surface area contributed by atoms with E-state index < -0.39 is 11.9 Å². The lowest BCUT2D eigenvalue weighted by molar-refractivity contribution is -0.141. The molecule has 0 amide bonds. The number of aromatic nitrogens is 2. The fourth-order valence-corrected chi connectivity index (χ4v) is 2.43. The first-order valence-corrected chi connectivity index (χ1v) is 7.42. The van der Waals surface area contributed by atoms with Gasteiger partial charge in [0.15, 0.2) is 23.0 Å². The minimum Gasteiger partial charge on any atom is -0.504 e. The average Bonchev–Trinajstić information content (AvgIpc) is 3.38. The van der Waals surface area contributed by atoms with Gasteiger partial charge in [0.25, 0.3) is 0 Å². The van der Waals surface area contributed by atoms with Crippen LogP contribution in [0.25, 0.3) is 0 Å². The van der Waals surface area contributed by atoms with Gasteiger partial charge >= 0.3 is 6.18 Å². The number of alkyl halides is 3. The first-order chi connectivity index (χ1) is 11.4. The second-order valence-corrected chi connectivity index (χ2v) is 5.64. The van der Waals surface area contributed by atoms with Crippen LogP contribution in [0, 0.1) is 0 Å². The van der Waals surface area contributed by atoms with E-state index in [2.05, 4.69) is 10.2 Å². The lowest BCUT2D eigenvalue weighted by atomic mass is 10.2. The Bertz CT molecular complexity index is 715. The Balaban J connectivity index is 1.83. The molecule has 1 aromatic heterocycles. The van der Waals surface area contributed by atoms with E-state index in [0.29, 0.717) is 18.1 Å². The average molecular weight is 339 g/mol. The van der Waals surface area contributed by atoms with Crippen LogP contribution in [0.3, 0.4) is 0 Å². The number of nitrogens with zero attached hydrogens (tertiary/aromatic N) is 3. The van der Waals surface area contributed by atoms with Crippen LogP contribution >= 0.6 is 0 Å². The molecule has 0 bridgehead atoms. The molecule has 1 aromatic carbocycles. The van der Waals surface area contributed by atoms with Crippen molar-refractivity contribution in [3.05, 3.63) is 41.6 Å². The van der Waals surface area contributed by atoms with Crippen LogP contribution in [0.15, 0.2) is 30.3 Å². The number of phenols is 1. The summed E-state index contributed by atoms with van der Waals surface area (Å²) >= 11 is 0. The topological polar surface area (TPSA) is 58.5 Å². The Morgan fingerprint density at radius 3 is 2.50 bits per heavy atom. The Morgan fingerprint density at radius 2 is 1.96 bits per heavy atom. The summed E-state index contributed by atoms with van der Waals surface area (Å²) in [7, 11) is 1.46. The summed E-state index contributed by atoms with van der Waals surface area (Å²) in [5.41, 5.74) is -0.147. The summed E-state index contributed by atoms with van der Waals surface area (Å²) in [6, 6.07) is 7.47. The molecule has 0 unspecified atom stereocenters. The maximum Gasteiger partial charge on any atom is 0.435 e. The van der Waals surface area contributed by atoms with E-state index in [1.165, 1.54) is 19.2 Å². The van der Waals surface area contributed by atoms with Crippen molar-refractivity contribution in [3.8, 4) is 11.5 Å². The molecule has 1 saturated carbocycles. The molecule has 0 atom stereocenters. The number of aromatic hydroxyl groups is 1. The van der Waals surface area contributed by atoms with Crippen LogP contribution in [0.2, 0.25) is 0 Å². The van der Waals surface area contributed by atoms with Gasteiger partial charge < -0.3 is 14.7 Å². The minimum atomic E-state index is -4.50. The van der Waals surface area contributed by atoms with Crippen molar-refractivity contribution in [1.29, 1.82) is 0 Å². The van der Waals surface area contributed by atoms with E-state index in [9.17, 15) is 18.3 Å². The number of anilines is 1. The molecule has 0 radical (unpaired) electrons. The third kappa shape index (κ3) is 3.52. The van der Waals surface area contributed by atoms with Gasteiger partial charge in [0.05, 0.1) is 7.11 Å². The molecule has 2 aromatic rings. The van der Waals surface area contributed by atoms with E-state index in [1.54, 1.807) is 12.1 Å². The summed E-state index contributed by atoms with van der Waals surface area (Å²) in [5, 5.41) is 16.7. The number of phenolic OH excluding ortho intramolecular Hbond substituents is 1. The van der Waals surface area contributed by atoms with Gasteiger partial charge in [-0.3, -0.25) is 0 Å². The molecule has 5 nitrogen and oxygen atoms in total. The second-order valence-electron chi connectivity index (χ2n) is 5.64. The second kappa shape index (κ2) is 6.18. The maximum atomic E-state index is 12.6. The summed E-state index contributed by atoms with van der Waals surface area (Å²) < 4.78 is 42.9. The number of hydrogen-bond acceptors (Lipinski definition) is 5. The zero-order chi connectivity index (χ0) is 17.3. The van der Waals surface area contributed by atoms with Gasteiger partial charge in [-0.2, -0.15) is 13.2 Å². The van der Waals surface area contributed by atoms with Crippen molar-refractivity contribution in [2.24, 2.45) is 0 Å². The van der Waals surface area contributed by atoms with Crippen molar-refractivity contribution < 1.29 is 23.0 Å². The number of ether oxygens (including phenoxy) is 1. The molecular formula is C16H16F3N3O2. The SMILES string of the molecule is COc1cc(CN(c2ccc(C(F)(F)F)nn2)C2CC2)ccc1O. The number of halogens is 3. The maximum absolute atomic E-state index is 12.6. The largest absolute Gasteiger partial charge is 0.504 e. The fraction of sp³-hybridized carbons (Fsp3) is 0.375. The monoisotopic (exact) mass is 339 g/mol. The highest BCUT2D eigenvalue weighted by Crippen LogP contribution is 2.34. The molecule has 1 fully saturated rings. The molecule has 0 spiro atoms. The lowest BCUT2D eigenvalue weighted by Crippen LogP contribution is -2.26. The first-order valence-electron chi connectivity index (χ1n) is 7.42. The Kier molecular flexibility index (Phi) is 4.21. The van der Waals surface area contributed by atoms with E-state index in [-0.39, 0.29) is 11.8 Å². The van der Waals surface area contributed by atoms with Gasteiger partial charge in [0.2, 0.25) is 0 Å². The third-order valence-corrected chi connectivity index (χ3v) is 3.82. The van der Waals surface area contributed by atoms with Crippen molar-refractivity contribution in [2.75, 3.05) is 12.0 Å². The van der Waals surface area contributed by atoms with E-state index in [4.69, 9.17) is 4.74 Å². The highest BCUT2D eigenvalue weighted by molar-refractivity contribution is 5.46. The molecule has 1 aliphatic rings. The zero-order valence-corrected chi connectivity index (χ0v) is 12.9. The number of methoxy groups -OCH3 is 1. The van der Waals surface area contributed by atoms with Crippen LogP contribution in [0.4, 0.5) is 19.0 Å². The van der Waals surface area contributed by atoms with Crippen molar-refractivity contribution >= 4 is 5.82 Å². The van der Waals surface area contributed by atoms with Gasteiger partial charge in [-0.1, -0.05) is 6.07 Å². The quantitative estimate of drug-likeness (QED) is 0.905. The smallest absolute Gasteiger partial charge is 0.435 e. The van der Waals surface area contributed by atoms with Gasteiger partial charge in [-0.25, -0.2) is 0 Å². The molecule has 3 rings (SSSR count). The molecule has 1 N–H and O–H groups in total. The number of hydrogen-bond donors (Lipinski definition) is 1. The standard InChI is InChI=1S/C16H16F3N3O2/c1-24-13-8-10(2-5-12(13)23)9-22(11-3-4-11)15-7-6-14(20-21-15)16(17,18)19/h2,5-8,11,23H,3-4,9H2,1H3. The van der Waals surface area contributed by atoms with Gasteiger partial charge in [-0.05, 0) is 42.7 Å². The predicted molar refractivity (Wildman–Crippen MR) is 80.9 cm³/mol. The van der Waals surface area contributed by atoms with Crippen LogP contribution < -0.4 is 9.64 Å². The molecular weight excluding hydrogens is 323 g/mol. The Hall–Kier alpha value is -2.51. The summed E-state index contributed by atoms with van der Waals surface area (Å²) in [6.45, 7) is 0.446. The van der Waals surface area contributed by atoms with Crippen LogP contribution in [0.1, 0.15) is 24.1 Å². The molecule has 0 saturated heterocycles. The molecule has 128 valence electrons. The van der Waals surface area contributed by atoms with Crippen LogP contribution in [-0.4, -0.2) is 28.5 Å². The van der Waals surface area contributed by atoms with Crippen LogP contribution in [0.5, 0.6) is 11.5 Å². The lowest BCUT2D eigenvalue weighted by Gasteiger charge is -2.23. The summed E-state index contributed by atoms with van der Waals surface area (Å²) in [4.78, 5) is 1.92. The van der Waals surface area contributed by atoms with E-state index in [0.717, 1.165) is 24.5 Å². The van der Waals surface area contributed by atoms with Gasteiger partial charge in [0.1, 0.15) is 0 Å². The zero-order valence-electron chi connectivity index (χ0n) is 12.9.